The van der Waals surface area contributed by atoms with Crippen molar-refractivity contribution < 1.29 is 4.79 Å². The molecule has 2 aliphatic rings. The quantitative estimate of drug-likeness (QED) is 0.708. The van der Waals surface area contributed by atoms with Crippen molar-refractivity contribution in [3.63, 3.8) is 0 Å². The molecule has 2 aliphatic heterocycles. The summed E-state index contributed by atoms with van der Waals surface area (Å²) in [6.07, 6.45) is 0.893. The smallest absolute Gasteiger partial charge is 0.236 e. The van der Waals surface area contributed by atoms with Gasteiger partial charge in [0.05, 0.1) is 21.0 Å². The number of amides is 1. The Morgan fingerprint density at radius 3 is 2.57 bits per heavy atom. The van der Waals surface area contributed by atoms with Crippen LogP contribution in [-0.2, 0) is 15.7 Å². The van der Waals surface area contributed by atoms with E-state index in [2.05, 4.69) is 22.8 Å². The van der Waals surface area contributed by atoms with Crippen LogP contribution in [0.5, 0.6) is 0 Å². The Bertz CT molecular complexity index is 923. The minimum Gasteiger partial charge on any atom is -0.374 e. The van der Waals surface area contributed by atoms with E-state index in [1.54, 1.807) is 4.90 Å². The molecule has 0 aromatic heterocycles. The fraction of sp³-hybridized carbons (Fsp3) is 0.381. The number of carbonyl (C=O) groups is 1. The van der Waals surface area contributed by atoms with Crippen LogP contribution >= 0.6 is 35.6 Å². The van der Waals surface area contributed by atoms with Gasteiger partial charge >= 0.3 is 0 Å². The van der Waals surface area contributed by atoms with Gasteiger partial charge in [-0.25, -0.2) is 0 Å². The molecule has 1 unspecified atom stereocenters. The predicted molar refractivity (Wildman–Crippen MR) is 119 cm³/mol. The molecule has 2 heterocycles. The number of fused-ring (bicyclic) bond motifs is 1. The molecule has 2 aromatic rings. The molecule has 2 N–H and O–H groups in total. The van der Waals surface area contributed by atoms with Crippen molar-refractivity contribution >= 4 is 52.9 Å². The van der Waals surface area contributed by atoms with Crippen LogP contribution in [0.3, 0.4) is 0 Å². The van der Waals surface area contributed by atoms with Crippen LogP contribution in [-0.4, -0.2) is 26.0 Å². The van der Waals surface area contributed by atoms with Crippen molar-refractivity contribution in [3.05, 3.63) is 57.6 Å². The van der Waals surface area contributed by atoms with Crippen molar-refractivity contribution in [2.45, 2.75) is 31.2 Å². The summed E-state index contributed by atoms with van der Waals surface area (Å²) in [6.45, 7) is 5.59. The average molecular weight is 441 g/mol. The van der Waals surface area contributed by atoms with E-state index in [0.717, 1.165) is 42.0 Å². The lowest BCUT2D eigenvalue weighted by molar-refractivity contribution is -0.121. The Balaban J connectivity index is 0.00000225. The first kappa shape index (κ1) is 21.3. The van der Waals surface area contributed by atoms with Crippen LogP contribution in [0.2, 0.25) is 10.0 Å². The highest BCUT2D eigenvalue weighted by Crippen LogP contribution is 2.44. The summed E-state index contributed by atoms with van der Waals surface area (Å²) < 4.78 is 0. The van der Waals surface area contributed by atoms with Gasteiger partial charge in [-0.05, 0) is 56.1 Å². The van der Waals surface area contributed by atoms with Crippen LogP contribution in [0.15, 0.2) is 36.4 Å². The molecule has 0 saturated carbocycles. The maximum Gasteiger partial charge on any atom is 0.236 e. The van der Waals surface area contributed by atoms with E-state index in [1.165, 1.54) is 0 Å². The molecule has 28 heavy (non-hydrogen) atoms. The molecular formula is C21H24Cl3N3O. The van der Waals surface area contributed by atoms with E-state index < -0.39 is 5.41 Å². The zero-order valence-electron chi connectivity index (χ0n) is 16.1. The van der Waals surface area contributed by atoms with Gasteiger partial charge in [-0.15, -0.1) is 12.4 Å². The second kappa shape index (κ2) is 7.42. The molecule has 150 valence electrons. The van der Waals surface area contributed by atoms with E-state index in [9.17, 15) is 4.79 Å². The second-order valence-corrected chi connectivity index (χ2v) is 8.74. The summed E-state index contributed by atoms with van der Waals surface area (Å²) >= 11 is 12.8. The molecule has 0 radical (unpaired) electrons. The van der Waals surface area contributed by atoms with Gasteiger partial charge in [0, 0.05) is 25.0 Å². The zero-order chi connectivity index (χ0) is 19.4. The third kappa shape index (κ3) is 3.17. The van der Waals surface area contributed by atoms with Gasteiger partial charge in [0.15, 0.2) is 0 Å². The van der Waals surface area contributed by atoms with Crippen LogP contribution in [0.1, 0.15) is 31.4 Å². The molecule has 0 aliphatic carbocycles. The normalized spacial score (nSPS) is 22.8. The zero-order valence-corrected chi connectivity index (χ0v) is 18.4. The minimum absolute atomic E-state index is 0. The fourth-order valence-corrected chi connectivity index (χ4v) is 4.79. The number of carbonyl (C=O) groups excluding carboxylic acids is 1. The highest BCUT2D eigenvalue weighted by molar-refractivity contribution is 6.42. The molecule has 1 saturated heterocycles. The number of anilines is 2. The maximum atomic E-state index is 12.6. The molecule has 1 fully saturated rings. The van der Waals surface area contributed by atoms with Crippen LogP contribution in [0.4, 0.5) is 11.4 Å². The maximum absolute atomic E-state index is 12.6. The topological polar surface area (TPSA) is 44.4 Å². The van der Waals surface area contributed by atoms with Crippen LogP contribution < -0.4 is 15.5 Å². The number of benzene rings is 2. The van der Waals surface area contributed by atoms with Crippen LogP contribution in [0, 0.1) is 0 Å². The molecule has 2 aromatic carbocycles. The number of hydrogen-bond acceptors (Lipinski definition) is 3. The fourth-order valence-electron chi connectivity index (χ4n) is 4.30. The van der Waals surface area contributed by atoms with Crippen molar-refractivity contribution in [1.29, 1.82) is 0 Å². The van der Waals surface area contributed by atoms with Crippen molar-refractivity contribution in [3.8, 4) is 0 Å². The van der Waals surface area contributed by atoms with Gasteiger partial charge in [-0.3, -0.25) is 4.79 Å². The molecule has 4 rings (SSSR count). The molecule has 4 nitrogen and oxygen atoms in total. The summed E-state index contributed by atoms with van der Waals surface area (Å²) in [5.41, 5.74) is 3.13. The third-order valence-corrected chi connectivity index (χ3v) is 6.70. The van der Waals surface area contributed by atoms with E-state index in [0.29, 0.717) is 10.0 Å². The minimum atomic E-state index is -0.495. The summed E-state index contributed by atoms with van der Waals surface area (Å²) in [6, 6.07) is 11.9. The summed E-state index contributed by atoms with van der Waals surface area (Å²) in [5, 5.41) is 8.27. The van der Waals surface area contributed by atoms with Gasteiger partial charge < -0.3 is 15.5 Å². The molecule has 0 bridgehead atoms. The predicted octanol–water partition coefficient (Wildman–Crippen LogP) is 4.97. The van der Waals surface area contributed by atoms with Crippen molar-refractivity contribution in [2.24, 2.45) is 0 Å². The van der Waals surface area contributed by atoms with Crippen LogP contribution in [0.25, 0.3) is 0 Å². The lowest BCUT2D eigenvalue weighted by Gasteiger charge is -2.33. The Labute approximate surface area is 182 Å². The number of nitrogens with one attached hydrogen (secondary N) is 2. The van der Waals surface area contributed by atoms with E-state index in [1.807, 2.05) is 45.2 Å². The lowest BCUT2D eigenvalue weighted by atomic mass is 9.85. The van der Waals surface area contributed by atoms with Gasteiger partial charge in [0.1, 0.15) is 0 Å². The lowest BCUT2D eigenvalue weighted by Crippen LogP contribution is -2.38. The standard InChI is InChI=1S/C21H23Cl2N3O.ClH/c1-20(2)14-8-7-13(11-17(14)26(3)19(20)27)25-21(9-10-24-12-21)15-5-4-6-16(22)18(15)23;/h4-8,11,24-25H,9-10,12H2,1-3H3;1H. The largest absolute Gasteiger partial charge is 0.374 e. The molecular weight excluding hydrogens is 417 g/mol. The number of likely N-dealkylation sites (N-methyl/N-ethyl adjacent to an activating group) is 1. The monoisotopic (exact) mass is 439 g/mol. The molecule has 1 atom stereocenters. The van der Waals surface area contributed by atoms with E-state index >= 15 is 0 Å². The second-order valence-electron chi connectivity index (χ2n) is 7.96. The first-order valence-electron chi connectivity index (χ1n) is 9.12. The Morgan fingerprint density at radius 1 is 1.14 bits per heavy atom. The Morgan fingerprint density at radius 2 is 1.89 bits per heavy atom. The van der Waals surface area contributed by atoms with Gasteiger partial charge in [0.25, 0.3) is 0 Å². The SMILES string of the molecule is CN1C(=O)C(C)(C)c2ccc(NC3(c4cccc(Cl)c4Cl)CCNC3)cc21.Cl. The van der Waals surface area contributed by atoms with Crippen molar-refractivity contribution in [2.75, 3.05) is 30.4 Å². The average Bonchev–Trinajstić information content (AvgIpc) is 3.17. The Hall–Kier alpha value is -1.46. The number of hydrogen-bond donors (Lipinski definition) is 2. The van der Waals surface area contributed by atoms with E-state index in [-0.39, 0.29) is 23.9 Å². The summed E-state index contributed by atoms with van der Waals surface area (Å²) in [4.78, 5) is 14.3. The Kier molecular flexibility index (Phi) is 5.63. The third-order valence-electron chi connectivity index (χ3n) is 5.88. The van der Waals surface area contributed by atoms with E-state index in [4.69, 9.17) is 23.2 Å². The van der Waals surface area contributed by atoms with Gasteiger partial charge in [0.2, 0.25) is 5.91 Å². The molecule has 7 heteroatoms. The highest BCUT2D eigenvalue weighted by atomic mass is 35.5. The first-order chi connectivity index (χ1) is 12.8. The van der Waals surface area contributed by atoms with Crippen molar-refractivity contribution in [1.82, 2.24) is 5.32 Å². The first-order valence-corrected chi connectivity index (χ1v) is 9.88. The van der Waals surface area contributed by atoms with Gasteiger partial charge in [-0.1, -0.05) is 41.4 Å². The summed E-state index contributed by atoms with van der Waals surface area (Å²) in [5.74, 6) is 0.116. The number of nitrogens with zero attached hydrogens (tertiary/aromatic N) is 1. The number of halogens is 3. The summed E-state index contributed by atoms with van der Waals surface area (Å²) in [7, 11) is 1.83. The molecule has 1 amide bonds. The molecule has 0 spiro atoms. The highest BCUT2D eigenvalue weighted by Gasteiger charge is 2.43. The number of rotatable bonds is 3. The van der Waals surface area contributed by atoms with Gasteiger partial charge in [-0.2, -0.15) is 0 Å².